The molecule has 1 heterocycles. The Labute approximate surface area is 132 Å². The maximum atomic E-state index is 11.7. The second-order valence-electron chi connectivity index (χ2n) is 4.67. The van der Waals surface area contributed by atoms with Gasteiger partial charge in [-0.1, -0.05) is 19.1 Å². The first kappa shape index (κ1) is 16.0. The Morgan fingerprint density at radius 1 is 1.27 bits per heavy atom. The zero-order chi connectivity index (χ0) is 16.1. The van der Waals surface area contributed by atoms with Crippen LogP contribution in [0.4, 0.5) is 5.00 Å². The smallest absolute Gasteiger partial charge is 0.224 e. The first-order valence-electron chi connectivity index (χ1n) is 6.84. The van der Waals surface area contributed by atoms with Crippen molar-refractivity contribution >= 4 is 28.2 Å². The van der Waals surface area contributed by atoms with Gasteiger partial charge in [-0.05, 0) is 24.1 Å². The fourth-order valence-electron chi connectivity index (χ4n) is 2.05. The third-order valence-corrected chi connectivity index (χ3v) is 4.02. The van der Waals surface area contributed by atoms with E-state index in [-0.39, 0.29) is 11.5 Å². The van der Waals surface area contributed by atoms with Crippen molar-refractivity contribution in [3.63, 3.8) is 0 Å². The van der Waals surface area contributed by atoms with Crippen LogP contribution in [0.3, 0.4) is 0 Å². The van der Waals surface area contributed by atoms with Crippen molar-refractivity contribution < 1.29 is 19.4 Å². The average molecular weight is 318 g/mol. The summed E-state index contributed by atoms with van der Waals surface area (Å²) in [5.41, 5.74) is 1.27. The van der Waals surface area contributed by atoms with E-state index in [9.17, 15) is 14.7 Å². The molecule has 1 aromatic carbocycles. The molecule has 0 aliphatic rings. The molecule has 0 unspecified atom stereocenters. The summed E-state index contributed by atoms with van der Waals surface area (Å²) in [6, 6.07) is 7.04. The molecule has 0 aliphatic heterocycles. The van der Waals surface area contributed by atoms with Gasteiger partial charge >= 0.3 is 0 Å². The number of anilines is 1. The van der Waals surface area contributed by atoms with E-state index in [4.69, 9.17) is 4.74 Å². The largest absolute Gasteiger partial charge is 0.545 e. The van der Waals surface area contributed by atoms with Crippen LogP contribution in [0.5, 0.6) is 5.75 Å². The number of benzene rings is 1. The Kier molecular flexibility index (Phi) is 5.16. The van der Waals surface area contributed by atoms with Gasteiger partial charge in [0.2, 0.25) is 5.91 Å². The minimum absolute atomic E-state index is 0.0135. The highest BCUT2D eigenvalue weighted by Gasteiger charge is 2.16. The maximum Gasteiger partial charge on any atom is 0.224 e. The van der Waals surface area contributed by atoms with E-state index < -0.39 is 5.97 Å². The number of carboxylic acid groups (broad SMARTS) is 1. The lowest BCUT2D eigenvalue weighted by atomic mass is 10.0. The second-order valence-corrected chi connectivity index (χ2v) is 5.55. The summed E-state index contributed by atoms with van der Waals surface area (Å²) in [7, 11) is 1.56. The summed E-state index contributed by atoms with van der Waals surface area (Å²) in [5.74, 6) is -0.822. The van der Waals surface area contributed by atoms with E-state index in [0.717, 1.165) is 5.56 Å². The van der Waals surface area contributed by atoms with Gasteiger partial charge in [-0.25, -0.2) is 0 Å². The van der Waals surface area contributed by atoms with E-state index in [1.165, 1.54) is 11.3 Å². The van der Waals surface area contributed by atoms with Crippen molar-refractivity contribution in [3.05, 3.63) is 35.2 Å². The molecule has 0 bridgehead atoms. The zero-order valence-electron chi connectivity index (χ0n) is 12.3. The van der Waals surface area contributed by atoms with Crippen molar-refractivity contribution in [3.8, 4) is 16.9 Å². The highest BCUT2D eigenvalue weighted by molar-refractivity contribution is 7.15. The minimum Gasteiger partial charge on any atom is -0.545 e. The quantitative estimate of drug-likeness (QED) is 0.887. The van der Waals surface area contributed by atoms with Gasteiger partial charge < -0.3 is 20.0 Å². The molecule has 1 N–H and O–H groups in total. The van der Waals surface area contributed by atoms with Gasteiger partial charge in [0.25, 0.3) is 0 Å². The first-order valence-corrected chi connectivity index (χ1v) is 7.71. The molecule has 0 atom stereocenters. The topological polar surface area (TPSA) is 78.5 Å². The average Bonchev–Trinajstić information content (AvgIpc) is 2.91. The van der Waals surface area contributed by atoms with Crippen LogP contribution in [-0.2, 0) is 4.79 Å². The molecule has 1 amide bonds. The van der Waals surface area contributed by atoms with Crippen molar-refractivity contribution in [2.24, 2.45) is 0 Å². The van der Waals surface area contributed by atoms with Crippen LogP contribution in [0.1, 0.15) is 30.1 Å². The van der Waals surface area contributed by atoms with E-state index in [1.54, 1.807) is 36.8 Å². The summed E-state index contributed by atoms with van der Waals surface area (Å²) in [6.45, 7) is 1.89. The highest BCUT2D eigenvalue weighted by Crippen LogP contribution is 2.35. The number of amides is 1. The second kappa shape index (κ2) is 7.09. The number of carbonyl (C=O) groups is 2. The number of rotatable bonds is 6. The zero-order valence-corrected chi connectivity index (χ0v) is 13.2. The summed E-state index contributed by atoms with van der Waals surface area (Å²) in [6.07, 6.45) is 1.05. The van der Waals surface area contributed by atoms with Gasteiger partial charge in [0.15, 0.2) is 0 Å². The molecule has 0 aliphatic carbocycles. The monoisotopic (exact) mass is 318 g/mol. The summed E-state index contributed by atoms with van der Waals surface area (Å²) >= 11 is 1.18. The lowest BCUT2D eigenvalue weighted by Gasteiger charge is -2.10. The van der Waals surface area contributed by atoms with E-state index in [1.807, 2.05) is 6.92 Å². The number of hydrogen-bond donors (Lipinski definition) is 1. The maximum absolute atomic E-state index is 11.7. The molecule has 0 fully saturated rings. The fraction of sp³-hybridized carbons (Fsp3) is 0.250. The normalized spacial score (nSPS) is 10.3. The molecule has 6 heteroatoms. The Bertz CT molecular complexity index is 676. The number of carboxylic acids is 1. The van der Waals surface area contributed by atoms with E-state index in [2.05, 4.69) is 5.32 Å². The van der Waals surface area contributed by atoms with Crippen LogP contribution in [0.15, 0.2) is 29.6 Å². The number of hydrogen-bond acceptors (Lipinski definition) is 5. The highest BCUT2D eigenvalue weighted by atomic mass is 32.1. The lowest BCUT2D eigenvalue weighted by Crippen LogP contribution is -2.24. The van der Waals surface area contributed by atoms with Crippen molar-refractivity contribution in [1.82, 2.24) is 0 Å². The molecule has 22 heavy (non-hydrogen) atoms. The number of methoxy groups -OCH3 is 1. The van der Waals surface area contributed by atoms with E-state index in [0.29, 0.717) is 29.2 Å². The van der Waals surface area contributed by atoms with E-state index >= 15 is 0 Å². The number of ether oxygens (including phenoxy) is 1. The molecule has 116 valence electrons. The third kappa shape index (κ3) is 3.46. The molecular weight excluding hydrogens is 302 g/mol. The molecule has 0 saturated heterocycles. The fourth-order valence-corrected chi connectivity index (χ4v) is 3.03. The Morgan fingerprint density at radius 3 is 2.50 bits per heavy atom. The van der Waals surface area contributed by atoms with Crippen LogP contribution >= 0.6 is 11.3 Å². The molecule has 0 saturated carbocycles. The van der Waals surface area contributed by atoms with Crippen LogP contribution in [0, 0.1) is 0 Å². The van der Waals surface area contributed by atoms with Crippen LogP contribution in [0.2, 0.25) is 0 Å². The van der Waals surface area contributed by atoms with Gasteiger partial charge in [-0.15, -0.1) is 11.3 Å². The number of nitrogens with one attached hydrogen (secondary N) is 1. The number of aromatic carboxylic acids is 1. The predicted molar refractivity (Wildman–Crippen MR) is 84.2 cm³/mol. The Balaban J connectivity index is 2.37. The van der Waals surface area contributed by atoms with Gasteiger partial charge in [-0.3, -0.25) is 4.79 Å². The number of thiophene rings is 1. The Hall–Kier alpha value is -2.34. The third-order valence-electron chi connectivity index (χ3n) is 3.13. The minimum atomic E-state index is -1.31. The molecule has 0 radical (unpaired) electrons. The van der Waals surface area contributed by atoms with Gasteiger partial charge in [-0.2, -0.15) is 0 Å². The lowest BCUT2D eigenvalue weighted by molar-refractivity contribution is -0.254. The van der Waals surface area contributed by atoms with Gasteiger partial charge in [0.1, 0.15) is 10.8 Å². The number of carbonyl (C=O) groups excluding carboxylic acids is 2. The SMILES string of the molecule is CCCC(=O)Nc1scc(-c2ccc(OC)cc2)c1C(=O)[O-]. The van der Waals surface area contributed by atoms with Gasteiger partial charge in [0.05, 0.1) is 13.1 Å². The van der Waals surface area contributed by atoms with Crippen molar-refractivity contribution in [1.29, 1.82) is 0 Å². The summed E-state index contributed by atoms with van der Waals surface area (Å²) in [5, 5.41) is 16.1. The van der Waals surface area contributed by atoms with Crippen LogP contribution in [0.25, 0.3) is 11.1 Å². The van der Waals surface area contributed by atoms with Gasteiger partial charge in [0, 0.05) is 22.9 Å². The molecular formula is C16H16NO4S-. The summed E-state index contributed by atoms with van der Waals surface area (Å²) in [4.78, 5) is 23.1. The molecule has 2 rings (SSSR count). The first-order chi connectivity index (χ1) is 10.6. The molecule has 2 aromatic rings. The molecule has 5 nitrogen and oxygen atoms in total. The molecule has 1 aromatic heterocycles. The predicted octanol–water partition coefficient (Wildman–Crippen LogP) is 2.53. The Morgan fingerprint density at radius 2 is 1.95 bits per heavy atom. The van der Waals surface area contributed by atoms with Crippen LogP contribution in [-0.4, -0.2) is 19.0 Å². The molecule has 0 spiro atoms. The summed E-state index contributed by atoms with van der Waals surface area (Å²) < 4.78 is 5.08. The van der Waals surface area contributed by atoms with Crippen LogP contribution < -0.4 is 15.2 Å². The van der Waals surface area contributed by atoms with Crippen molar-refractivity contribution in [2.75, 3.05) is 12.4 Å². The standard InChI is InChI=1S/C16H17NO4S/c1-3-4-13(18)17-15-14(16(19)20)12(9-22-15)10-5-7-11(21-2)8-6-10/h5-9H,3-4H2,1-2H3,(H,17,18)(H,19,20)/p-1. The van der Waals surface area contributed by atoms with Crippen molar-refractivity contribution in [2.45, 2.75) is 19.8 Å².